The molecule has 0 spiro atoms. The second kappa shape index (κ2) is 5.37. The van der Waals surface area contributed by atoms with Crippen molar-refractivity contribution < 1.29 is 19.1 Å². The van der Waals surface area contributed by atoms with E-state index in [1.54, 1.807) is 17.4 Å². The number of carboxylic acids is 1. The third kappa shape index (κ3) is 2.85. The van der Waals surface area contributed by atoms with Gasteiger partial charge in [0.2, 0.25) is 11.7 Å². The van der Waals surface area contributed by atoms with Gasteiger partial charge in [-0.3, -0.25) is 4.79 Å². The Morgan fingerprint density at radius 3 is 2.86 bits per heavy atom. The number of amides is 1. The quantitative estimate of drug-likeness (QED) is 0.890. The van der Waals surface area contributed by atoms with Crippen molar-refractivity contribution in [3.05, 3.63) is 45.5 Å². The van der Waals surface area contributed by atoms with E-state index in [0.29, 0.717) is 11.7 Å². The highest BCUT2D eigenvalue weighted by Crippen LogP contribution is 2.50. The highest BCUT2D eigenvalue weighted by molar-refractivity contribution is 7.10. The van der Waals surface area contributed by atoms with Crippen LogP contribution in [-0.4, -0.2) is 17.0 Å². The van der Waals surface area contributed by atoms with Gasteiger partial charge in [-0.2, -0.15) is 0 Å². The van der Waals surface area contributed by atoms with Crippen LogP contribution in [0.5, 0.6) is 0 Å². The van der Waals surface area contributed by atoms with Crippen molar-refractivity contribution in [3.8, 4) is 0 Å². The summed E-state index contributed by atoms with van der Waals surface area (Å²) in [7, 11) is 0. The molecule has 0 aromatic carbocycles. The first kappa shape index (κ1) is 13.9. The topological polar surface area (TPSA) is 79.5 Å². The lowest BCUT2D eigenvalue weighted by molar-refractivity contribution is -0.122. The van der Waals surface area contributed by atoms with Crippen LogP contribution in [0.25, 0.3) is 0 Å². The molecule has 0 unspecified atom stereocenters. The maximum Gasteiger partial charge on any atom is 0.371 e. The van der Waals surface area contributed by atoms with Crippen LogP contribution < -0.4 is 5.32 Å². The number of furan rings is 1. The molecule has 1 saturated carbocycles. The predicted octanol–water partition coefficient (Wildman–Crippen LogP) is 2.77. The Balaban J connectivity index is 1.53. The number of carboxylic acid groups (broad SMARTS) is 1. The van der Waals surface area contributed by atoms with Gasteiger partial charge < -0.3 is 14.8 Å². The molecule has 2 aromatic rings. The fourth-order valence-corrected chi connectivity index (χ4v) is 3.54. The lowest BCUT2D eigenvalue weighted by atomic mass is 10.2. The molecule has 2 atom stereocenters. The summed E-state index contributed by atoms with van der Waals surface area (Å²) in [5.41, 5.74) is 1.25. The van der Waals surface area contributed by atoms with Gasteiger partial charge in [-0.15, -0.1) is 11.3 Å². The highest BCUT2D eigenvalue weighted by Gasteiger charge is 2.45. The van der Waals surface area contributed by atoms with E-state index in [2.05, 4.69) is 18.3 Å². The predicted molar refractivity (Wildman–Crippen MR) is 77.4 cm³/mol. The number of aromatic carboxylic acids is 1. The molecule has 1 fully saturated rings. The summed E-state index contributed by atoms with van der Waals surface area (Å²) in [6.07, 6.45) is 0.881. The van der Waals surface area contributed by atoms with Crippen molar-refractivity contribution in [2.45, 2.75) is 25.8 Å². The summed E-state index contributed by atoms with van der Waals surface area (Å²) in [5.74, 6) is -0.417. The summed E-state index contributed by atoms with van der Waals surface area (Å²) >= 11 is 1.70. The zero-order valence-corrected chi connectivity index (χ0v) is 12.3. The van der Waals surface area contributed by atoms with Crippen LogP contribution >= 0.6 is 11.3 Å². The normalized spacial score (nSPS) is 20.2. The number of rotatable bonds is 5. The maximum atomic E-state index is 12.1. The van der Waals surface area contributed by atoms with Gasteiger partial charge in [0.25, 0.3) is 0 Å². The SMILES string of the molecule is Cc1ccsc1[C@@H]1C[C@@H]1C(=O)NCc1ccc(C(=O)O)o1. The average Bonchev–Trinajstić information content (AvgIpc) is 2.89. The molecule has 2 heterocycles. The minimum atomic E-state index is -1.11. The molecule has 0 bridgehead atoms. The smallest absolute Gasteiger partial charge is 0.371 e. The van der Waals surface area contributed by atoms with Crippen LogP contribution in [0.4, 0.5) is 0 Å². The fourth-order valence-electron chi connectivity index (χ4n) is 2.43. The van der Waals surface area contributed by atoms with Crippen LogP contribution in [0.1, 0.15) is 39.1 Å². The average molecular weight is 305 g/mol. The van der Waals surface area contributed by atoms with E-state index in [1.807, 2.05) is 5.38 Å². The lowest BCUT2D eigenvalue weighted by Crippen LogP contribution is -2.24. The molecule has 0 aliphatic heterocycles. The number of thiophene rings is 1. The second-order valence-electron chi connectivity index (χ2n) is 5.21. The minimum Gasteiger partial charge on any atom is -0.475 e. The first-order chi connectivity index (χ1) is 10.1. The molecule has 2 N–H and O–H groups in total. The van der Waals surface area contributed by atoms with Crippen LogP contribution in [0, 0.1) is 12.8 Å². The van der Waals surface area contributed by atoms with Gasteiger partial charge >= 0.3 is 5.97 Å². The first-order valence-corrected chi connectivity index (χ1v) is 7.58. The molecule has 0 radical (unpaired) electrons. The molecule has 1 aliphatic carbocycles. The van der Waals surface area contributed by atoms with Crippen molar-refractivity contribution >= 4 is 23.2 Å². The Labute approximate surface area is 125 Å². The van der Waals surface area contributed by atoms with Gasteiger partial charge in [0, 0.05) is 16.7 Å². The number of hydrogen-bond donors (Lipinski definition) is 2. The lowest BCUT2D eigenvalue weighted by Gasteiger charge is -2.02. The molecule has 0 saturated heterocycles. The van der Waals surface area contributed by atoms with Crippen molar-refractivity contribution in [3.63, 3.8) is 0 Å². The Morgan fingerprint density at radius 1 is 1.43 bits per heavy atom. The molecular formula is C15H15NO4S. The van der Waals surface area contributed by atoms with E-state index in [1.165, 1.54) is 16.5 Å². The van der Waals surface area contributed by atoms with Crippen molar-refractivity contribution in [1.82, 2.24) is 5.32 Å². The molecule has 21 heavy (non-hydrogen) atoms. The molecule has 1 aliphatic rings. The third-order valence-corrected chi connectivity index (χ3v) is 4.83. The fraction of sp³-hybridized carbons (Fsp3) is 0.333. The molecule has 1 amide bonds. The summed E-state index contributed by atoms with van der Waals surface area (Å²) in [6, 6.07) is 5.03. The highest BCUT2D eigenvalue weighted by atomic mass is 32.1. The van der Waals surface area contributed by atoms with Crippen molar-refractivity contribution in [2.24, 2.45) is 5.92 Å². The molecule has 5 nitrogen and oxygen atoms in total. The first-order valence-electron chi connectivity index (χ1n) is 6.70. The van der Waals surface area contributed by atoms with Gasteiger partial charge in [-0.25, -0.2) is 4.79 Å². The Bertz CT molecular complexity index is 687. The standard InChI is InChI=1S/C15H15NO4S/c1-8-4-5-21-13(8)10-6-11(10)14(17)16-7-9-2-3-12(20-9)15(18)19/h2-5,10-11H,6-7H2,1H3,(H,16,17)(H,18,19)/t10-,11+/m1/s1. The van der Waals surface area contributed by atoms with E-state index in [-0.39, 0.29) is 24.1 Å². The Kier molecular flexibility index (Phi) is 3.55. The Hall–Kier alpha value is -2.08. The zero-order chi connectivity index (χ0) is 15.0. The molecule has 3 rings (SSSR count). The monoisotopic (exact) mass is 305 g/mol. The molecule has 110 valence electrons. The van der Waals surface area contributed by atoms with E-state index in [9.17, 15) is 9.59 Å². The van der Waals surface area contributed by atoms with Crippen LogP contribution in [0.2, 0.25) is 0 Å². The minimum absolute atomic E-state index is 0.000995. The summed E-state index contributed by atoms with van der Waals surface area (Å²) in [5, 5.41) is 13.6. The van der Waals surface area contributed by atoms with Crippen LogP contribution in [-0.2, 0) is 11.3 Å². The second-order valence-corrected chi connectivity index (χ2v) is 6.15. The van der Waals surface area contributed by atoms with Gasteiger partial charge in [0.1, 0.15) is 5.76 Å². The third-order valence-electron chi connectivity index (χ3n) is 3.67. The van der Waals surface area contributed by atoms with Gasteiger partial charge in [-0.05, 0) is 42.5 Å². The molecule has 2 aromatic heterocycles. The number of carbonyl (C=O) groups is 2. The summed E-state index contributed by atoms with van der Waals surface area (Å²) < 4.78 is 5.10. The van der Waals surface area contributed by atoms with Crippen molar-refractivity contribution in [2.75, 3.05) is 0 Å². The zero-order valence-electron chi connectivity index (χ0n) is 11.5. The number of aryl methyl sites for hydroxylation is 1. The number of hydrogen-bond acceptors (Lipinski definition) is 4. The summed E-state index contributed by atoms with van der Waals surface area (Å²) in [6.45, 7) is 2.29. The molecular weight excluding hydrogens is 290 g/mol. The van der Waals surface area contributed by atoms with Gasteiger partial charge in [0.15, 0.2) is 0 Å². The van der Waals surface area contributed by atoms with E-state index < -0.39 is 5.97 Å². The summed E-state index contributed by atoms with van der Waals surface area (Å²) in [4.78, 5) is 24.1. The van der Waals surface area contributed by atoms with Crippen molar-refractivity contribution in [1.29, 1.82) is 0 Å². The van der Waals surface area contributed by atoms with Gasteiger partial charge in [-0.1, -0.05) is 0 Å². The van der Waals surface area contributed by atoms with Crippen LogP contribution in [0.15, 0.2) is 28.0 Å². The largest absolute Gasteiger partial charge is 0.475 e. The maximum absolute atomic E-state index is 12.1. The van der Waals surface area contributed by atoms with E-state index >= 15 is 0 Å². The van der Waals surface area contributed by atoms with Gasteiger partial charge in [0.05, 0.1) is 6.54 Å². The number of carbonyl (C=O) groups excluding carboxylic acids is 1. The van der Waals surface area contributed by atoms with E-state index in [4.69, 9.17) is 9.52 Å². The molecule has 6 heteroatoms. The van der Waals surface area contributed by atoms with Crippen LogP contribution in [0.3, 0.4) is 0 Å². The number of nitrogens with one attached hydrogen (secondary N) is 1. The van der Waals surface area contributed by atoms with E-state index in [0.717, 1.165) is 6.42 Å². The Morgan fingerprint density at radius 2 is 2.24 bits per heavy atom.